The summed E-state index contributed by atoms with van der Waals surface area (Å²) < 4.78 is 2.22. The zero-order valence-electron chi connectivity index (χ0n) is 16.0. The molecule has 0 aliphatic heterocycles. The Labute approximate surface area is 176 Å². The van der Waals surface area contributed by atoms with Crippen molar-refractivity contribution in [3.8, 4) is 5.69 Å². The Morgan fingerprint density at radius 1 is 1.10 bits per heavy atom. The highest BCUT2D eigenvalue weighted by atomic mass is 32.2. The van der Waals surface area contributed by atoms with Crippen LogP contribution in [0.25, 0.3) is 15.9 Å². The molecule has 146 valence electrons. The number of thioether (sulfide) groups is 1. The molecule has 0 fully saturated rings. The molecule has 0 saturated carbocycles. The quantitative estimate of drug-likeness (QED) is 0.372. The number of rotatable bonds is 5. The Balaban J connectivity index is 1.69. The van der Waals surface area contributed by atoms with Gasteiger partial charge in [0.15, 0.2) is 5.16 Å². The van der Waals surface area contributed by atoms with Crippen LogP contribution in [0.5, 0.6) is 0 Å². The molecule has 2 heterocycles. The average Bonchev–Trinajstić information content (AvgIpc) is 3.15. The van der Waals surface area contributed by atoms with Crippen LogP contribution in [0, 0.1) is 13.8 Å². The van der Waals surface area contributed by atoms with Crippen LogP contribution in [0.2, 0.25) is 0 Å². The zero-order valence-corrected chi connectivity index (χ0v) is 17.6. The van der Waals surface area contributed by atoms with Gasteiger partial charge in [-0.3, -0.25) is 14.2 Å². The molecule has 2 aromatic carbocycles. The highest BCUT2D eigenvalue weighted by Gasteiger charge is 2.16. The van der Waals surface area contributed by atoms with Crippen LogP contribution in [0.4, 0.5) is 5.69 Å². The van der Waals surface area contributed by atoms with Gasteiger partial charge in [-0.05, 0) is 60.7 Å². The molecule has 1 amide bonds. The predicted octanol–water partition coefficient (Wildman–Crippen LogP) is 4.79. The lowest BCUT2D eigenvalue weighted by Gasteiger charge is -2.13. The lowest BCUT2D eigenvalue weighted by Crippen LogP contribution is -2.22. The molecule has 2 aromatic heterocycles. The molecular weight excluding hydrogens is 402 g/mol. The van der Waals surface area contributed by atoms with Gasteiger partial charge in [0.1, 0.15) is 4.70 Å². The average molecular weight is 422 g/mol. The second kappa shape index (κ2) is 8.23. The van der Waals surface area contributed by atoms with E-state index in [9.17, 15) is 9.59 Å². The van der Waals surface area contributed by atoms with Crippen molar-refractivity contribution in [2.24, 2.45) is 0 Å². The monoisotopic (exact) mass is 421 g/mol. The minimum Gasteiger partial charge on any atom is -0.325 e. The summed E-state index contributed by atoms with van der Waals surface area (Å²) in [4.78, 5) is 30.3. The van der Waals surface area contributed by atoms with Crippen molar-refractivity contribution >= 4 is 44.9 Å². The van der Waals surface area contributed by atoms with Gasteiger partial charge in [-0.25, -0.2) is 4.98 Å². The fraction of sp³-hybridized carbons (Fsp3) is 0.136. The first-order valence-corrected chi connectivity index (χ1v) is 10.9. The summed E-state index contributed by atoms with van der Waals surface area (Å²) in [5.41, 5.74) is 4.19. The summed E-state index contributed by atoms with van der Waals surface area (Å²) in [5.74, 6) is 0.00902. The second-order valence-corrected chi connectivity index (χ2v) is 8.58. The van der Waals surface area contributed by atoms with Crippen LogP contribution in [0.15, 0.2) is 69.9 Å². The smallest absolute Gasteiger partial charge is 0.276 e. The number of benzene rings is 2. The van der Waals surface area contributed by atoms with Crippen LogP contribution >= 0.6 is 23.1 Å². The SMILES string of the molecule is Cc1cc(C)cc(-n2c(SCC(=O)Nc3ccccc3)nc3ccsc3c2=O)c1. The van der Waals surface area contributed by atoms with Gasteiger partial charge in [0.25, 0.3) is 5.56 Å². The molecule has 0 spiro atoms. The van der Waals surface area contributed by atoms with Gasteiger partial charge in [-0.15, -0.1) is 11.3 Å². The van der Waals surface area contributed by atoms with Crippen molar-refractivity contribution < 1.29 is 4.79 Å². The number of hydrogen-bond donors (Lipinski definition) is 1. The van der Waals surface area contributed by atoms with E-state index in [2.05, 4.69) is 16.4 Å². The molecule has 0 bridgehead atoms. The molecule has 4 rings (SSSR count). The molecular formula is C22H19N3O2S2. The maximum Gasteiger partial charge on any atom is 0.276 e. The number of thiophene rings is 1. The zero-order chi connectivity index (χ0) is 20.4. The standard InChI is InChI=1S/C22H19N3O2S2/c1-14-10-15(2)12-17(11-14)25-21(27)20-18(8-9-28-20)24-22(25)29-13-19(26)23-16-6-4-3-5-7-16/h3-12H,13H2,1-2H3,(H,23,26). The van der Waals surface area contributed by atoms with Crippen LogP contribution in [-0.4, -0.2) is 21.2 Å². The molecule has 0 saturated heterocycles. The molecule has 0 unspecified atom stereocenters. The van der Waals surface area contributed by atoms with Crippen molar-refractivity contribution in [1.82, 2.24) is 9.55 Å². The first-order chi connectivity index (χ1) is 14.0. The van der Waals surface area contributed by atoms with Crippen molar-refractivity contribution in [2.45, 2.75) is 19.0 Å². The van der Waals surface area contributed by atoms with Gasteiger partial charge < -0.3 is 5.32 Å². The fourth-order valence-electron chi connectivity index (χ4n) is 3.14. The number of carbonyl (C=O) groups excluding carboxylic acids is 1. The number of nitrogens with zero attached hydrogens (tertiary/aromatic N) is 2. The van der Waals surface area contributed by atoms with E-state index in [4.69, 9.17) is 0 Å². The van der Waals surface area contributed by atoms with Crippen molar-refractivity contribution in [2.75, 3.05) is 11.1 Å². The summed E-state index contributed by atoms with van der Waals surface area (Å²) in [5, 5.41) is 5.23. The van der Waals surface area contributed by atoms with Crippen LogP contribution in [-0.2, 0) is 4.79 Å². The minimum absolute atomic E-state index is 0.110. The topological polar surface area (TPSA) is 64.0 Å². The first-order valence-electron chi connectivity index (χ1n) is 9.08. The molecule has 4 aromatic rings. The van der Waals surface area contributed by atoms with E-state index in [1.165, 1.54) is 23.1 Å². The molecule has 0 radical (unpaired) electrons. The number of hydrogen-bond acceptors (Lipinski definition) is 5. The number of amides is 1. The highest BCUT2D eigenvalue weighted by Crippen LogP contribution is 2.25. The molecule has 29 heavy (non-hydrogen) atoms. The summed E-state index contributed by atoms with van der Waals surface area (Å²) in [6.07, 6.45) is 0. The normalized spacial score (nSPS) is 11.0. The predicted molar refractivity (Wildman–Crippen MR) is 120 cm³/mol. The van der Waals surface area contributed by atoms with Gasteiger partial charge >= 0.3 is 0 Å². The molecule has 5 nitrogen and oxygen atoms in total. The Bertz CT molecular complexity index is 1230. The van der Waals surface area contributed by atoms with E-state index in [0.29, 0.717) is 15.4 Å². The van der Waals surface area contributed by atoms with Crippen LogP contribution in [0.1, 0.15) is 11.1 Å². The van der Waals surface area contributed by atoms with Crippen molar-refractivity contribution in [3.05, 3.63) is 81.5 Å². The third-order valence-electron chi connectivity index (χ3n) is 4.30. The summed E-state index contributed by atoms with van der Waals surface area (Å²) in [7, 11) is 0. The summed E-state index contributed by atoms with van der Waals surface area (Å²) >= 11 is 2.64. The maximum absolute atomic E-state index is 13.2. The largest absolute Gasteiger partial charge is 0.325 e. The van der Waals surface area contributed by atoms with E-state index in [1.54, 1.807) is 4.57 Å². The number of fused-ring (bicyclic) bond motifs is 1. The number of anilines is 1. The Kier molecular flexibility index (Phi) is 5.51. The van der Waals surface area contributed by atoms with Gasteiger partial charge in [0, 0.05) is 5.69 Å². The highest BCUT2D eigenvalue weighted by molar-refractivity contribution is 7.99. The third-order valence-corrected chi connectivity index (χ3v) is 6.13. The Morgan fingerprint density at radius 3 is 2.55 bits per heavy atom. The third kappa shape index (κ3) is 4.26. The minimum atomic E-state index is -0.146. The van der Waals surface area contributed by atoms with Crippen LogP contribution < -0.4 is 10.9 Å². The van der Waals surface area contributed by atoms with E-state index < -0.39 is 0 Å². The van der Waals surface area contributed by atoms with Gasteiger partial charge in [0.2, 0.25) is 5.91 Å². The maximum atomic E-state index is 13.2. The molecule has 7 heteroatoms. The molecule has 1 N–H and O–H groups in total. The number of aromatic nitrogens is 2. The van der Waals surface area contributed by atoms with Crippen LogP contribution in [0.3, 0.4) is 0 Å². The number of aryl methyl sites for hydroxylation is 2. The second-order valence-electron chi connectivity index (χ2n) is 6.72. The number of nitrogens with one attached hydrogen (secondary N) is 1. The van der Waals surface area contributed by atoms with Gasteiger partial charge in [-0.2, -0.15) is 0 Å². The van der Waals surface area contributed by atoms with Gasteiger partial charge in [-0.1, -0.05) is 36.0 Å². The summed E-state index contributed by atoms with van der Waals surface area (Å²) in [6.45, 7) is 4.00. The Hall–Kier alpha value is -2.90. The summed E-state index contributed by atoms with van der Waals surface area (Å²) in [6, 6.07) is 17.1. The first kappa shape index (κ1) is 19.4. The molecule has 0 aliphatic carbocycles. The lowest BCUT2D eigenvalue weighted by molar-refractivity contribution is -0.113. The number of para-hydroxylation sites is 1. The van der Waals surface area contributed by atoms with E-state index in [1.807, 2.05) is 67.8 Å². The van der Waals surface area contributed by atoms with Gasteiger partial charge in [0.05, 0.1) is 17.0 Å². The molecule has 0 atom stereocenters. The van der Waals surface area contributed by atoms with E-state index >= 15 is 0 Å². The number of carbonyl (C=O) groups is 1. The van der Waals surface area contributed by atoms with E-state index in [0.717, 1.165) is 22.5 Å². The van der Waals surface area contributed by atoms with Crippen molar-refractivity contribution in [3.63, 3.8) is 0 Å². The molecule has 0 aliphatic rings. The van der Waals surface area contributed by atoms with E-state index in [-0.39, 0.29) is 17.2 Å². The Morgan fingerprint density at radius 2 is 1.83 bits per heavy atom. The van der Waals surface area contributed by atoms with Crippen molar-refractivity contribution in [1.29, 1.82) is 0 Å². The lowest BCUT2D eigenvalue weighted by atomic mass is 10.1. The fourth-order valence-corrected chi connectivity index (χ4v) is 4.72.